The molecule has 3 heteroatoms. The van der Waals surface area contributed by atoms with Crippen molar-refractivity contribution in [2.45, 2.75) is 44.2 Å². The molecule has 2 aliphatic rings. The molecule has 0 fully saturated rings. The molecule has 8 rings (SSSR count). The topological polar surface area (TPSA) is 9.86 Å². The van der Waals surface area contributed by atoms with E-state index in [9.17, 15) is 0 Å². The second-order valence-electron chi connectivity index (χ2n) is 13.2. The Labute approximate surface area is 259 Å². The first-order valence-electron chi connectivity index (χ1n) is 15.5. The second-order valence-corrected chi connectivity index (χ2v) is 25.0. The summed E-state index contributed by atoms with van der Waals surface area (Å²) in [6.45, 7) is 9.64. The normalized spacial score (nSPS) is 18.3. The summed E-state index contributed by atoms with van der Waals surface area (Å²) in [4.78, 5) is 0. The first-order chi connectivity index (χ1) is 20.8. The van der Waals surface area contributed by atoms with E-state index in [1.807, 2.05) is 0 Å². The van der Waals surface area contributed by atoms with E-state index in [4.69, 9.17) is 0 Å². The molecular formula is C40H38N2Zr. The van der Waals surface area contributed by atoms with E-state index in [0.717, 1.165) is 0 Å². The molecular weight excluding hydrogens is 600 g/mol. The molecule has 2 unspecified atom stereocenters. The third-order valence-corrected chi connectivity index (χ3v) is 21.5. The van der Waals surface area contributed by atoms with Crippen LogP contribution in [0, 0.1) is 0 Å². The van der Waals surface area contributed by atoms with Crippen LogP contribution in [0.3, 0.4) is 0 Å². The summed E-state index contributed by atoms with van der Waals surface area (Å²) < 4.78 is 11.6. The van der Waals surface area contributed by atoms with Crippen LogP contribution in [-0.4, -0.2) is 9.13 Å². The van der Waals surface area contributed by atoms with Crippen LogP contribution in [0.1, 0.15) is 57.5 Å². The van der Waals surface area contributed by atoms with Crippen LogP contribution in [0.2, 0.25) is 9.26 Å². The number of rotatable bonds is 4. The average molecular weight is 638 g/mol. The van der Waals surface area contributed by atoms with Gasteiger partial charge in [-0.25, -0.2) is 0 Å². The minimum atomic E-state index is -3.14. The zero-order chi connectivity index (χ0) is 29.6. The van der Waals surface area contributed by atoms with Crippen molar-refractivity contribution in [3.8, 4) is 11.4 Å². The van der Waals surface area contributed by atoms with Crippen LogP contribution in [0.4, 0.5) is 0 Å². The SMILES string of the molecule is CC1=C(C)[CH]([Zr]([CH3])([CH3])[CH]2C(C)=C(C)c3c2c2ccccc2n3-c2ccccc2)c2c1n(-c1ccccc1)c1ccccc21. The Kier molecular flexibility index (Phi) is 6.05. The summed E-state index contributed by atoms with van der Waals surface area (Å²) in [5, 5.41) is 2.85. The molecule has 2 aromatic heterocycles. The summed E-state index contributed by atoms with van der Waals surface area (Å²) in [6, 6.07) is 40.2. The monoisotopic (exact) mass is 636 g/mol. The van der Waals surface area contributed by atoms with E-state index in [1.165, 1.54) is 55.7 Å². The first-order valence-corrected chi connectivity index (χ1v) is 23.3. The Hall–Kier alpha value is -3.68. The van der Waals surface area contributed by atoms with E-state index in [2.05, 4.69) is 155 Å². The molecule has 0 N–H and O–H groups in total. The molecule has 2 heterocycles. The van der Waals surface area contributed by atoms with E-state index in [-0.39, 0.29) is 0 Å². The van der Waals surface area contributed by atoms with Gasteiger partial charge in [0.25, 0.3) is 0 Å². The average Bonchev–Trinajstić information content (AvgIpc) is 3.70. The fraction of sp³-hybridized carbons (Fsp3) is 0.200. The van der Waals surface area contributed by atoms with Gasteiger partial charge in [0.05, 0.1) is 0 Å². The third kappa shape index (κ3) is 3.61. The number of para-hydroxylation sites is 4. The second kappa shape index (κ2) is 9.66. The van der Waals surface area contributed by atoms with Gasteiger partial charge in [-0.2, -0.15) is 0 Å². The molecule has 0 saturated heterocycles. The molecule has 6 aromatic rings. The van der Waals surface area contributed by atoms with Crippen molar-refractivity contribution in [1.29, 1.82) is 0 Å². The molecule has 2 nitrogen and oxygen atoms in total. The summed E-state index contributed by atoms with van der Waals surface area (Å²) in [5.74, 6) is 0. The van der Waals surface area contributed by atoms with Gasteiger partial charge >= 0.3 is 261 Å². The number of aromatic nitrogens is 2. The Morgan fingerprint density at radius 2 is 0.814 bits per heavy atom. The Morgan fingerprint density at radius 1 is 0.465 bits per heavy atom. The van der Waals surface area contributed by atoms with Crippen LogP contribution in [-0.2, 0) is 20.3 Å². The Bertz CT molecular complexity index is 1980. The van der Waals surface area contributed by atoms with E-state index < -0.39 is 20.3 Å². The maximum absolute atomic E-state index is 3.14. The van der Waals surface area contributed by atoms with Gasteiger partial charge in [-0.3, -0.25) is 0 Å². The van der Waals surface area contributed by atoms with Gasteiger partial charge in [-0.05, 0) is 0 Å². The summed E-state index contributed by atoms with van der Waals surface area (Å²) in [6.07, 6.45) is 0. The standard InChI is InChI=1S/2C19H16N.2CH3.Zr/c2*1-13-12-17-16-10-6-7-11-18(16)20(19(17)14(13)2)15-8-4-3-5-9-15;;;/h2*3-12H,1-2H3;2*1H3;. The third-order valence-electron chi connectivity index (χ3n) is 10.7. The van der Waals surface area contributed by atoms with Gasteiger partial charge < -0.3 is 0 Å². The predicted molar refractivity (Wildman–Crippen MR) is 180 cm³/mol. The van der Waals surface area contributed by atoms with Crippen molar-refractivity contribution < 1.29 is 20.3 Å². The fourth-order valence-electron chi connectivity index (χ4n) is 8.81. The van der Waals surface area contributed by atoms with Crippen molar-refractivity contribution >= 4 is 33.0 Å². The quantitative estimate of drug-likeness (QED) is 0.182. The van der Waals surface area contributed by atoms with E-state index in [1.54, 1.807) is 22.3 Å². The number of benzene rings is 4. The number of hydrogen-bond donors (Lipinski definition) is 0. The Morgan fingerprint density at radius 3 is 1.21 bits per heavy atom. The van der Waals surface area contributed by atoms with Crippen LogP contribution in [0.5, 0.6) is 0 Å². The molecule has 43 heavy (non-hydrogen) atoms. The predicted octanol–water partition coefficient (Wildman–Crippen LogP) is 11.2. The summed E-state index contributed by atoms with van der Waals surface area (Å²) >= 11 is -3.14. The van der Waals surface area contributed by atoms with Crippen LogP contribution in [0.15, 0.2) is 120 Å². The van der Waals surface area contributed by atoms with Gasteiger partial charge in [0.15, 0.2) is 0 Å². The first kappa shape index (κ1) is 26.9. The van der Waals surface area contributed by atoms with Crippen molar-refractivity contribution in [3.05, 3.63) is 143 Å². The molecule has 0 radical (unpaired) electrons. The summed E-state index contributed by atoms with van der Waals surface area (Å²) in [5.41, 5.74) is 17.3. The maximum atomic E-state index is 2.74. The van der Waals surface area contributed by atoms with Gasteiger partial charge in [0, 0.05) is 0 Å². The number of nitrogens with zero attached hydrogens (tertiary/aromatic N) is 2. The molecule has 2 atom stereocenters. The van der Waals surface area contributed by atoms with E-state index >= 15 is 0 Å². The molecule has 0 amide bonds. The van der Waals surface area contributed by atoms with Gasteiger partial charge in [-0.1, -0.05) is 0 Å². The molecule has 0 bridgehead atoms. The van der Waals surface area contributed by atoms with Crippen LogP contribution in [0.25, 0.3) is 44.3 Å². The molecule has 0 saturated carbocycles. The van der Waals surface area contributed by atoms with Crippen LogP contribution < -0.4 is 0 Å². The molecule has 4 aromatic carbocycles. The fourth-order valence-corrected chi connectivity index (χ4v) is 21.3. The zero-order valence-corrected chi connectivity index (χ0v) is 28.4. The molecule has 212 valence electrons. The number of fused-ring (bicyclic) bond motifs is 6. The molecule has 2 aliphatic carbocycles. The Balaban J connectivity index is 1.40. The van der Waals surface area contributed by atoms with Gasteiger partial charge in [-0.15, -0.1) is 0 Å². The van der Waals surface area contributed by atoms with Gasteiger partial charge in [0.2, 0.25) is 0 Å². The molecule has 0 spiro atoms. The van der Waals surface area contributed by atoms with Crippen LogP contribution >= 0.6 is 0 Å². The van der Waals surface area contributed by atoms with Crippen molar-refractivity contribution in [2.75, 3.05) is 0 Å². The number of allylic oxidation sites excluding steroid dienone is 4. The van der Waals surface area contributed by atoms with E-state index in [0.29, 0.717) is 7.25 Å². The minimum absolute atomic E-state index is 0.497. The van der Waals surface area contributed by atoms with Crippen molar-refractivity contribution in [2.24, 2.45) is 0 Å². The summed E-state index contributed by atoms with van der Waals surface area (Å²) in [7, 11) is 0. The zero-order valence-electron chi connectivity index (χ0n) is 25.9. The van der Waals surface area contributed by atoms with Crippen molar-refractivity contribution in [3.63, 3.8) is 0 Å². The van der Waals surface area contributed by atoms with Gasteiger partial charge in [0.1, 0.15) is 0 Å². The number of hydrogen-bond acceptors (Lipinski definition) is 0. The molecule has 0 aliphatic heterocycles. The van der Waals surface area contributed by atoms with Crippen molar-refractivity contribution in [1.82, 2.24) is 9.13 Å².